The molecule has 1 saturated heterocycles. The van der Waals surface area contributed by atoms with Crippen LogP contribution in [0.15, 0.2) is 23.9 Å². The van der Waals surface area contributed by atoms with Crippen LogP contribution in [0.4, 0.5) is 13.2 Å². The van der Waals surface area contributed by atoms with E-state index < -0.39 is 30.1 Å². The molecule has 0 saturated carbocycles. The maximum atomic E-state index is 12.9. The number of amides is 1. The van der Waals surface area contributed by atoms with Gasteiger partial charge in [0, 0.05) is 25.9 Å². The fourth-order valence-corrected chi connectivity index (χ4v) is 2.33. The van der Waals surface area contributed by atoms with E-state index in [4.69, 9.17) is 9.31 Å². The molecule has 1 aromatic heterocycles. The van der Waals surface area contributed by atoms with Gasteiger partial charge in [-0.05, 0) is 44.8 Å². The van der Waals surface area contributed by atoms with E-state index in [-0.39, 0.29) is 18.0 Å². The molecular formula is C17H22BF3N2O3. The third-order valence-corrected chi connectivity index (χ3v) is 4.54. The van der Waals surface area contributed by atoms with Gasteiger partial charge in [0.2, 0.25) is 5.91 Å². The molecule has 0 aromatic carbocycles. The predicted molar refractivity (Wildman–Crippen MR) is 92.0 cm³/mol. The number of nitrogens with zero attached hydrogens (tertiary/aromatic N) is 1. The Labute approximate surface area is 151 Å². The number of pyridine rings is 1. The van der Waals surface area contributed by atoms with E-state index >= 15 is 0 Å². The largest absolute Gasteiger partial charge is 0.492 e. The summed E-state index contributed by atoms with van der Waals surface area (Å²) in [6.45, 7) is 8.92. The minimum Gasteiger partial charge on any atom is -0.400 e. The molecule has 1 N–H and O–H groups in total. The lowest BCUT2D eigenvalue weighted by Crippen LogP contribution is -2.41. The smallest absolute Gasteiger partial charge is 0.400 e. The van der Waals surface area contributed by atoms with Gasteiger partial charge >= 0.3 is 13.3 Å². The maximum Gasteiger partial charge on any atom is 0.492 e. The summed E-state index contributed by atoms with van der Waals surface area (Å²) < 4.78 is 50.6. The van der Waals surface area contributed by atoms with Crippen LogP contribution >= 0.6 is 0 Å². The van der Waals surface area contributed by atoms with Gasteiger partial charge in [-0.2, -0.15) is 13.2 Å². The van der Waals surface area contributed by atoms with Crippen molar-refractivity contribution in [2.75, 3.05) is 6.54 Å². The number of nitrogens with one attached hydrogen (secondary N) is 1. The Bertz CT molecular complexity index is 701. The number of aromatic nitrogens is 1. The molecule has 1 aromatic rings. The van der Waals surface area contributed by atoms with Gasteiger partial charge in [-0.3, -0.25) is 9.78 Å². The summed E-state index contributed by atoms with van der Waals surface area (Å²) in [6.07, 6.45) is -0.910. The van der Waals surface area contributed by atoms with Crippen molar-refractivity contribution in [3.63, 3.8) is 0 Å². The topological polar surface area (TPSA) is 60.5 Å². The van der Waals surface area contributed by atoms with Crippen LogP contribution in [0.1, 0.15) is 45.7 Å². The Balaban J connectivity index is 2.37. The maximum absolute atomic E-state index is 12.9. The molecule has 1 amide bonds. The fraction of sp³-hybridized carbons (Fsp3) is 0.529. The molecule has 0 aliphatic carbocycles. The normalized spacial score (nSPS) is 19.5. The summed E-state index contributed by atoms with van der Waals surface area (Å²) in [5, 5.41) is 2.63. The predicted octanol–water partition coefficient (Wildman–Crippen LogP) is 3.25. The van der Waals surface area contributed by atoms with E-state index in [9.17, 15) is 18.0 Å². The Morgan fingerprint density at radius 2 is 1.81 bits per heavy atom. The molecule has 1 aliphatic rings. The molecule has 0 radical (unpaired) electrons. The van der Waals surface area contributed by atoms with Gasteiger partial charge < -0.3 is 14.6 Å². The van der Waals surface area contributed by atoms with E-state index in [1.54, 1.807) is 0 Å². The molecule has 0 spiro atoms. The van der Waals surface area contributed by atoms with Crippen molar-refractivity contribution in [2.45, 2.75) is 52.0 Å². The number of carbonyl (C=O) groups is 1. The van der Waals surface area contributed by atoms with Gasteiger partial charge in [-0.1, -0.05) is 6.08 Å². The minimum atomic E-state index is -4.49. The summed E-state index contributed by atoms with van der Waals surface area (Å²) in [6, 6.07) is 0.992. The van der Waals surface area contributed by atoms with Crippen molar-refractivity contribution < 1.29 is 27.3 Å². The van der Waals surface area contributed by atoms with Crippen LogP contribution in [-0.2, 0) is 20.3 Å². The van der Waals surface area contributed by atoms with Gasteiger partial charge in [0.15, 0.2) is 0 Å². The van der Waals surface area contributed by atoms with Crippen LogP contribution in [0.3, 0.4) is 0 Å². The van der Waals surface area contributed by atoms with Crippen molar-refractivity contribution in [2.24, 2.45) is 0 Å². The first kappa shape index (κ1) is 20.4. The number of carbonyl (C=O) groups excluding carboxylic acids is 1. The van der Waals surface area contributed by atoms with E-state index in [1.807, 2.05) is 27.7 Å². The van der Waals surface area contributed by atoms with Gasteiger partial charge in [-0.25, -0.2) is 0 Å². The number of alkyl halides is 3. The third-order valence-electron chi connectivity index (χ3n) is 4.54. The molecule has 5 nitrogen and oxygen atoms in total. The highest BCUT2D eigenvalue weighted by Gasteiger charge is 2.52. The number of rotatable bonds is 4. The highest BCUT2D eigenvalue weighted by molar-refractivity contribution is 6.56. The summed E-state index contributed by atoms with van der Waals surface area (Å²) in [5.74, 6) is -0.269. The zero-order valence-electron chi connectivity index (χ0n) is 15.4. The first-order chi connectivity index (χ1) is 11.8. The Hall–Kier alpha value is -1.87. The van der Waals surface area contributed by atoms with Crippen LogP contribution in [0.2, 0.25) is 0 Å². The molecule has 1 aliphatic heterocycles. The lowest BCUT2D eigenvalue weighted by Gasteiger charge is -2.32. The SMILES string of the molecule is CC(=O)NCC(=Cc1cncc(C(F)(F)F)c1)B1OC(C)(C)C(C)(C)O1. The van der Waals surface area contributed by atoms with Gasteiger partial charge in [-0.15, -0.1) is 0 Å². The first-order valence-corrected chi connectivity index (χ1v) is 8.14. The van der Waals surface area contributed by atoms with E-state index in [2.05, 4.69) is 10.3 Å². The molecule has 0 unspecified atom stereocenters. The number of halogens is 3. The van der Waals surface area contributed by atoms with Gasteiger partial charge in [0.25, 0.3) is 0 Å². The van der Waals surface area contributed by atoms with E-state index in [0.717, 1.165) is 12.3 Å². The van der Waals surface area contributed by atoms with E-state index in [0.29, 0.717) is 5.47 Å². The number of hydrogen-bond acceptors (Lipinski definition) is 4. The lowest BCUT2D eigenvalue weighted by atomic mass is 9.77. The van der Waals surface area contributed by atoms with Crippen LogP contribution in [0.25, 0.3) is 6.08 Å². The number of hydrogen-bond donors (Lipinski definition) is 1. The third kappa shape index (κ3) is 4.65. The fourth-order valence-electron chi connectivity index (χ4n) is 2.33. The van der Waals surface area contributed by atoms with Crippen LogP contribution in [0, 0.1) is 0 Å². The second kappa shape index (κ2) is 7.04. The molecule has 2 rings (SSSR count). The lowest BCUT2D eigenvalue weighted by molar-refractivity contribution is -0.137. The van der Waals surface area contributed by atoms with Crippen molar-refractivity contribution >= 4 is 19.1 Å². The van der Waals surface area contributed by atoms with Crippen molar-refractivity contribution in [1.29, 1.82) is 0 Å². The molecule has 0 atom stereocenters. The van der Waals surface area contributed by atoms with E-state index in [1.165, 1.54) is 19.2 Å². The second-order valence-electron chi connectivity index (χ2n) is 7.22. The van der Waals surface area contributed by atoms with Crippen LogP contribution in [-0.4, -0.2) is 35.8 Å². The summed E-state index contributed by atoms with van der Waals surface area (Å²) in [5.41, 5.74) is -1.33. The van der Waals surface area contributed by atoms with Crippen molar-refractivity contribution in [1.82, 2.24) is 10.3 Å². The average molecular weight is 370 g/mol. The average Bonchev–Trinajstić information content (AvgIpc) is 2.71. The standard InChI is InChI=1S/C17H22BF3N2O3/c1-11(24)23-10-14(18-25-15(2,3)16(4,5)26-18)7-12-6-13(9-22-8-12)17(19,20)21/h6-9H,10H2,1-5H3,(H,23,24). The minimum absolute atomic E-state index is 0.0857. The molecule has 1 fully saturated rings. The van der Waals surface area contributed by atoms with Crippen LogP contribution < -0.4 is 5.32 Å². The monoisotopic (exact) mass is 370 g/mol. The molecule has 2 heterocycles. The van der Waals surface area contributed by atoms with Gasteiger partial charge in [0.1, 0.15) is 0 Å². The summed E-state index contributed by atoms with van der Waals surface area (Å²) in [7, 11) is -0.790. The molecular weight excluding hydrogens is 348 g/mol. The zero-order valence-corrected chi connectivity index (χ0v) is 15.4. The molecule has 142 valence electrons. The summed E-state index contributed by atoms with van der Waals surface area (Å²) in [4.78, 5) is 14.9. The Morgan fingerprint density at radius 3 is 2.31 bits per heavy atom. The quantitative estimate of drug-likeness (QED) is 0.827. The second-order valence-corrected chi connectivity index (χ2v) is 7.22. The Kier molecular flexibility index (Phi) is 5.53. The molecule has 9 heteroatoms. The zero-order chi connectivity index (χ0) is 19.8. The molecule has 0 bridgehead atoms. The first-order valence-electron chi connectivity index (χ1n) is 8.14. The Morgan fingerprint density at radius 1 is 1.23 bits per heavy atom. The van der Waals surface area contributed by atoms with Crippen molar-refractivity contribution in [3.8, 4) is 0 Å². The molecule has 26 heavy (non-hydrogen) atoms. The highest BCUT2D eigenvalue weighted by atomic mass is 19.4. The highest BCUT2D eigenvalue weighted by Crippen LogP contribution is 2.39. The van der Waals surface area contributed by atoms with Gasteiger partial charge in [0.05, 0.1) is 16.8 Å². The van der Waals surface area contributed by atoms with Crippen LogP contribution in [0.5, 0.6) is 0 Å². The van der Waals surface area contributed by atoms with Crippen molar-refractivity contribution in [3.05, 3.63) is 35.1 Å². The summed E-state index contributed by atoms with van der Waals surface area (Å²) >= 11 is 0.